The van der Waals surface area contributed by atoms with Crippen LogP contribution in [0.25, 0.3) is 0 Å². The highest BCUT2D eigenvalue weighted by molar-refractivity contribution is 4.75. The van der Waals surface area contributed by atoms with Crippen molar-refractivity contribution in [2.45, 2.75) is 19.8 Å². The van der Waals surface area contributed by atoms with Crippen molar-refractivity contribution in [2.75, 3.05) is 13.1 Å². The van der Waals surface area contributed by atoms with Crippen LogP contribution in [0.2, 0.25) is 0 Å². The van der Waals surface area contributed by atoms with Gasteiger partial charge in [0.05, 0.1) is 0 Å². The van der Waals surface area contributed by atoms with Gasteiger partial charge < -0.3 is 4.90 Å². The molecular formula is C9H17N. The average molecular weight is 139 g/mol. The maximum atomic E-state index is 3.72. The molecule has 0 heterocycles. The molecule has 0 N–H and O–H groups in total. The lowest BCUT2D eigenvalue weighted by atomic mass is 10.3. The van der Waals surface area contributed by atoms with Crippen LogP contribution in [0.15, 0.2) is 25.4 Å². The zero-order valence-corrected chi connectivity index (χ0v) is 6.84. The number of rotatable bonds is 6. The zero-order valence-electron chi connectivity index (χ0n) is 6.84. The molecule has 0 aliphatic heterocycles. The molecule has 58 valence electrons. The minimum Gasteiger partial charge on any atom is -0.378 e. The molecule has 0 aromatic carbocycles. The number of hydrogen-bond donors (Lipinski definition) is 0. The maximum absolute atomic E-state index is 3.72. The summed E-state index contributed by atoms with van der Waals surface area (Å²) in [4.78, 5) is 2.21. The predicted octanol–water partition coefficient (Wildman–Crippen LogP) is 2.42. The minimum absolute atomic E-state index is 1.05. The fourth-order valence-electron chi connectivity index (χ4n) is 0.839. The van der Waals surface area contributed by atoms with Crippen LogP contribution >= 0.6 is 0 Å². The van der Waals surface area contributed by atoms with Crippen molar-refractivity contribution >= 4 is 0 Å². The molecule has 0 saturated heterocycles. The molecule has 0 aromatic heterocycles. The second-order valence-electron chi connectivity index (χ2n) is 2.30. The molecular weight excluding hydrogens is 122 g/mol. The number of nitrogens with zero attached hydrogens (tertiary/aromatic N) is 1. The topological polar surface area (TPSA) is 3.24 Å². The van der Waals surface area contributed by atoms with Crippen LogP contribution in [0.5, 0.6) is 0 Å². The first-order valence-electron chi connectivity index (χ1n) is 3.82. The second kappa shape index (κ2) is 6.40. The van der Waals surface area contributed by atoms with Gasteiger partial charge in [0.15, 0.2) is 0 Å². The minimum atomic E-state index is 1.05. The Morgan fingerprint density at radius 1 is 1.30 bits per heavy atom. The van der Waals surface area contributed by atoms with Crippen LogP contribution in [0.1, 0.15) is 19.8 Å². The van der Waals surface area contributed by atoms with Crippen LogP contribution in [-0.2, 0) is 0 Å². The maximum Gasteiger partial charge on any atom is 0.0206 e. The van der Waals surface area contributed by atoms with Crippen LogP contribution in [0, 0.1) is 0 Å². The summed E-state index contributed by atoms with van der Waals surface area (Å²) in [5.74, 6) is 0. The quantitative estimate of drug-likeness (QED) is 0.511. The Morgan fingerprint density at radius 2 is 2.00 bits per heavy atom. The Balaban J connectivity index is 3.38. The van der Waals surface area contributed by atoms with Gasteiger partial charge in [-0.1, -0.05) is 19.6 Å². The van der Waals surface area contributed by atoms with E-state index in [-0.39, 0.29) is 0 Å². The van der Waals surface area contributed by atoms with Crippen LogP contribution in [0.3, 0.4) is 0 Å². The van der Waals surface area contributed by atoms with E-state index in [1.54, 1.807) is 0 Å². The van der Waals surface area contributed by atoms with Crippen molar-refractivity contribution in [3.05, 3.63) is 25.4 Å². The number of hydrogen-bond acceptors (Lipinski definition) is 1. The first-order valence-corrected chi connectivity index (χ1v) is 3.82. The molecule has 0 unspecified atom stereocenters. The largest absolute Gasteiger partial charge is 0.378 e. The third kappa shape index (κ3) is 4.19. The molecule has 0 radical (unpaired) electrons. The van der Waals surface area contributed by atoms with Gasteiger partial charge in [-0.15, -0.1) is 6.58 Å². The summed E-state index contributed by atoms with van der Waals surface area (Å²) < 4.78 is 0. The van der Waals surface area contributed by atoms with Gasteiger partial charge in [0.25, 0.3) is 0 Å². The molecule has 0 aromatic rings. The highest BCUT2D eigenvalue weighted by atomic mass is 15.1. The van der Waals surface area contributed by atoms with E-state index in [1.807, 2.05) is 12.3 Å². The fourth-order valence-corrected chi connectivity index (χ4v) is 0.839. The van der Waals surface area contributed by atoms with Gasteiger partial charge >= 0.3 is 0 Å². The van der Waals surface area contributed by atoms with Gasteiger partial charge in [0, 0.05) is 13.1 Å². The Hall–Kier alpha value is -0.720. The molecule has 0 fully saturated rings. The SMILES string of the molecule is C=CCCN(C=C)CCC. The fraction of sp³-hybridized carbons (Fsp3) is 0.556. The standard InChI is InChI=1S/C9H17N/c1-4-7-9-10(6-3)8-5-2/h4,6H,1,3,5,7-9H2,2H3. The van der Waals surface area contributed by atoms with E-state index in [0.717, 1.165) is 19.5 Å². The molecule has 0 spiro atoms. The molecule has 0 amide bonds. The van der Waals surface area contributed by atoms with Crippen molar-refractivity contribution in [1.29, 1.82) is 0 Å². The van der Waals surface area contributed by atoms with Crippen molar-refractivity contribution in [3.8, 4) is 0 Å². The molecule has 0 aliphatic carbocycles. The van der Waals surface area contributed by atoms with Crippen molar-refractivity contribution in [2.24, 2.45) is 0 Å². The summed E-state index contributed by atoms with van der Waals surface area (Å²) in [6, 6.07) is 0. The molecule has 1 nitrogen and oxygen atoms in total. The van der Waals surface area contributed by atoms with Gasteiger partial charge in [0.1, 0.15) is 0 Å². The van der Waals surface area contributed by atoms with E-state index >= 15 is 0 Å². The third-order valence-corrected chi connectivity index (χ3v) is 1.39. The Bertz CT molecular complexity index is 96.9. The second-order valence-corrected chi connectivity index (χ2v) is 2.30. The monoisotopic (exact) mass is 139 g/mol. The van der Waals surface area contributed by atoms with Crippen molar-refractivity contribution in [1.82, 2.24) is 4.90 Å². The van der Waals surface area contributed by atoms with Crippen LogP contribution < -0.4 is 0 Å². The summed E-state index contributed by atoms with van der Waals surface area (Å²) in [5, 5.41) is 0. The third-order valence-electron chi connectivity index (χ3n) is 1.39. The normalized spacial score (nSPS) is 8.90. The highest BCUT2D eigenvalue weighted by Crippen LogP contribution is 1.93. The molecule has 0 saturated carbocycles. The molecule has 0 atom stereocenters. The smallest absolute Gasteiger partial charge is 0.0206 e. The van der Waals surface area contributed by atoms with E-state index in [2.05, 4.69) is 25.0 Å². The zero-order chi connectivity index (χ0) is 7.82. The Kier molecular flexibility index (Phi) is 5.94. The first-order chi connectivity index (χ1) is 4.85. The lowest BCUT2D eigenvalue weighted by molar-refractivity contribution is 0.384. The van der Waals surface area contributed by atoms with Gasteiger partial charge in [-0.25, -0.2) is 0 Å². The van der Waals surface area contributed by atoms with E-state index in [4.69, 9.17) is 0 Å². The molecule has 10 heavy (non-hydrogen) atoms. The van der Waals surface area contributed by atoms with E-state index in [9.17, 15) is 0 Å². The summed E-state index contributed by atoms with van der Waals surface area (Å²) in [6.45, 7) is 11.7. The summed E-state index contributed by atoms with van der Waals surface area (Å²) >= 11 is 0. The first kappa shape index (κ1) is 9.28. The van der Waals surface area contributed by atoms with Gasteiger partial charge in [-0.05, 0) is 19.0 Å². The highest BCUT2D eigenvalue weighted by Gasteiger charge is 1.92. The molecule has 1 heteroatoms. The van der Waals surface area contributed by atoms with E-state index in [1.165, 1.54) is 6.42 Å². The summed E-state index contributed by atoms with van der Waals surface area (Å²) in [7, 11) is 0. The predicted molar refractivity (Wildman–Crippen MR) is 46.9 cm³/mol. The lowest BCUT2D eigenvalue weighted by Crippen LogP contribution is -2.18. The summed E-state index contributed by atoms with van der Waals surface area (Å²) in [6.07, 6.45) is 6.06. The van der Waals surface area contributed by atoms with Crippen LogP contribution in [-0.4, -0.2) is 18.0 Å². The van der Waals surface area contributed by atoms with E-state index in [0.29, 0.717) is 0 Å². The Morgan fingerprint density at radius 3 is 2.40 bits per heavy atom. The van der Waals surface area contributed by atoms with Crippen LogP contribution in [0.4, 0.5) is 0 Å². The molecule has 0 bridgehead atoms. The average Bonchev–Trinajstić information content (AvgIpc) is 1.98. The van der Waals surface area contributed by atoms with Crippen molar-refractivity contribution < 1.29 is 0 Å². The van der Waals surface area contributed by atoms with Gasteiger partial charge in [-0.3, -0.25) is 0 Å². The lowest BCUT2D eigenvalue weighted by Gasteiger charge is -2.17. The molecule has 0 aliphatic rings. The molecule has 0 rings (SSSR count). The van der Waals surface area contributed by atoms with Gasteiger partial charge in [-0.2, -0.15) is 0 Å². The Labute approximate surface area is 64.0 Å². The van der Waals surface area contributed by atoms with E-state index < -0.39 is 0 Å². The van der Waals surface area contributed by atoms with Gasteiger partial charge in [0.2, 0.25) is 0 Å². The van der Waals surface area contributed by atoms with Crippen molar-refractivity contribution in [3.63, 3.8) is 0 Å². The summed E-state index contributed by atoms with van der Waals surface area (Å²) in [5.41, 5.74) is 0.